The van der Waals surface area contributed by atoms with Crippen molar-refractivity contribution < 1.29 is 25.9 Å². The van der Waals surface area contributed by atoms with Gasteiger partial charge in [0.2, 0.25) is 11.9 Å². The molecule has 0 atom stereocenters. The number of fused-ring (bicyclic) bond motifs is 2. The van der Waals surface area contributed by atoms with Crippen LogP contribution in [-0.4, -0.2) is 67.1 Å². The van der Waals surface area contributed by atoms with Gasteiger partial charge in [0.15, 0.2) is 5.16 Å². The number of nitrogens with one attached hydrogen (secondary N) is 2. The van der Waals surface area contributed by atoms with Crippen LogP contribution in [0.2, 0.25) is 0 Å². The molecule has 0 unspecified atom stereocenters. The third kappa shape index (κ3) is 11.6. The number of rotatable bonds is 19. The molecule has 17 nitrogen and oxygen atoms in total. The molecular formula is C50H49N11O6S3. The van der Waals surface area contributed by atoms with Gasteiger partial charge in [0.1, 0.15) is 22.0 Å². The standard InChI is InChI=1S/C50H49N11O6S3/c1-5-60(6-2)36-24-26-42(57-56-41-22-14-18-34-16-9-11-20-39(34)41)44(30-36)51-48-53-49(55-50(54-48)68-32-33-15-13-19-38(29-33)69(62,63)64)52-45-31-37(61(7-3)8-4)25-27-43(45)58-59-47-40-21-12-10-17-35(40)23-28-46(47)70(65,66)67/h9-31H,5-8,32H2,1-4H3,(H,62,63,64)(H,65,66,67)(H2,51,52,53,54,55)/b57-56+,59-58+. The fourth-order valence-electron chi connectivity index (χ4n) is 7.76. The Labute approximate surface area is 410 Å². The predicted molar refractivity (Wildman–Crippen MR) is 278 cm³/mol. The van der Waals surface area contributed by atoms with Crippen LogP contribution in [0.1, 0.15) is 33.3 Å². The summed E-state index contributed by atoms with van der Waals surface area (Å²) in [4.78, 5) is 18.1. The van der Waals surface area contributed by atoms with E-state index in [1.165, 1.54) is 30.0 Å². The van der Waals surface area contributed by atoms with E-state index in [9.17, 15) is 25.9 Å². The smallest absolute Gasteiger partial charge is 0.296 e. The fourth-order valence-corrected chi connectivity index (χ4v) is 9.73. The van der Waals surface area contributed by atoms with Crippen molar-refractivity contribution in [1.82, 2.24) is 15.0 Å². The highest BCUT2D eigenvalue weighted by molar-refractivity contribution is 7.98. The lowest BCUT2D eigenvalue weighted by atomic mass is 10.1. The van der Waals surface area contributed by atoms with Crippen LogP contribution >= 0.6 is 11.8 Å². The molecule has 0 aliphatic rings. The Hall–Kier alpha value is -7.36. The Morgan fingerprint density at radius 1 is 0.529 bits per heavy atom. The molecule has 0 amide bonds. The SMILES string of the molecule is CCN(CC)c1ccc(/N=N/c2cccc3ccccc23)c(Nc2nc(Nc3cc(N(CC)CC)ccc3/N=N/c3c(S(=O)(=O)O)ccc4ccccc34)nc(SCc3cccc(S(=O)(=O)O)c3)n2)c1. The monoisotopic (exact) mass is 995 g/mol. The molecule has 4 N–H and O–H groups in total. The van der Waals surface area contributed by atoms with Gasteiger partial charge in [-0.25, -0.2) is 0 Å². The summed E-state index contributed by atoms with van der Waals surface area (Å²) in [6.07, 6.45) is 0. The zero-order valence-electron chi connectivity index (χ0n) is 38.6. The van der Waals surface area contributed by atoms with Crippen LogP contribution in [0.5, 0.6) is 0 Å². The minimum absolute atomic E-state index is 0.0388. The number of nitrogens with zero attached hydrogens (tertiary/aromatic N) is 9. The quantitative estimate of drug-likeness (QED) is 0.0336. The maximum absolute atomic E-state index is 12.6. The van der Waals surface area contributed by atoms with E-state index in [2.05, 4.69) is 44.5 Å². The van der Waals surface area contributed by atoms with Gasteiger partial charge in [0.05, 0.1) is 22.0 Å². The lowest BCUT2D eigenvalue weighted by Gasteiger charge is -2.22. The molecule has 0 fully saturated rings. The molecule has 0 radical (unpaired) electrons. The van der Waals surface area contributed by atoms with Crippen LogP contribution < -0.4 is 20.4 Å². The molecule has 0 bridgehead atoms. The average Bonchev–Trinajstić information content (AvgIpc) is 3.35. The second-order valence-electron chi connectivity index (χ2n) is 15.7. The Morgan fingerprint density at radius 2 is 1.06 bits per heavy atom. The molecule has 7 aromatic carbocycles. The first kappa shape index (κ1) is 49.1. The molecule has 8 aromatic rings. The Morgan fingerprint density at radius 3 is 1.64 bits per heavy atom. The number of anilines is 6. The topological polar surface area (TPSA) is 227 Å². The molecule has 1 heterocycles. The van der Waals surface area contributed by atoms with Gasteiger partial charge in [-0.3, -0.25) is 9.11 Å². The van der Waals surface area contributed by atoms with Crippen molar-refractivity contribution >= 4 is 111 Å². The van der Waals surface area contributed by atoms with Crippen LogP contribution in [0, 0.1) is 0 Å². The summed E-state index contributed by atoms with van der Waals surface area (Å²) >= 11 is 1.20. The summed E-state index contributed by atoms with van der Waals surface area (Å²) in [7, 11) is -9.15. The van der Waals surface area contributed by atoms with E-state index < -0.39 is 25.1 Å². The molecule has 1 aromatic heterocycles. The zero-order chi connectivity index (χ0) is 49.4. The maximum atomic E-state index is 12.6. The maximum Gasteiger partial charge on any atom is 0.296 e. The number of aromatic nitrogens is 3. The van der Waals surface area contributed by atoms with Crippen molar-refractivity contribution in [3.05, 3.63) is 145 Å². The minimum Gasteiger partial charge on any atom is -0.372 e. The van der Waals surface area contributed by atoms with Gasteiger partial charge in [-0.1, -0.05) is 90.6 Å². The summed E-state index contributed by atoms with van der Waals surface area (Å²) in [6.45, 7) is 11.1. The molecule has 8 rings (SSSR count). The first-order valence-electron chi connectivity index (χ1n) is 22.3. The number of benzene rings is 7. The first-order chi connectivity index (χ1) is 33.7. The van der Waals surface area contributed by atoms with E-state index in [0.29, 0.717) is 57.9 Å². The minimum atomic E-state index is -4.69. The molecule has 20 heteroatoms. The van der Waals surface area contributed by atoms with Crippen LogP contribution in [0.15, 0.2) is 175 Å². The predicted octanol–water partition coefficient (Wildman–Crippen LogP) is 13.0. The van der Waals surface area contributed by atoms with Crippen molar-refractivity contribution in [3.63, 3.8) is 0 Å². The molecule has 0 aliphatic heterocycles. The van der Waals surface area contributed by atoms with Crippen molar-refractivity contribution in [2.24, 2.45) is 20.5 Å². The lowest BCUT2D eigenvalue weighted by molar-refractivity contribution is 0.481. The highest BCUT2D eigenvalue weighted by atomic mass is 32.2. The van der Waals surface area contributed by atoms with Gasteiger partial charge < -0.3 is 20.4 Å². The van der Waals surface area contributed by atoms with Crippen molar-refractivity contribution in [2.45, 2.75) is 48.4 Å². The van der Waals surface area contributed by atoms with E-state index >= 15 is 0 Å². The molecule has 358 valence electrons. The van der Waals surface area contributed by atoms with Gasteiger partial charge in [-0.05, 0) is 105 Å². The van der Waals surface area contributed by atoms with Crippen molar-refractivity contribution in [1.29, 1.82) is 0 Å². The molecule has 0 aliphatic carbocycles. The third-order valence-corrected chi connectivity index (χ3v) is 14.0. The normalized spacial score (nSPS) is 12.0. The van der Waals surface area contributed by atoms with Crippen molar-refractivity contribution in [2.75, 3.05) is 46.6 Å². The molecule has 0 spiro atoms. The zero-order valence-corrected chi connectivity index (χ0v) is 41.0. The Bertz CT molecular complexity index is 3490. The average molecular weight is 996 g/mol. The number of hydrogen-bond acceptors (Lipinski definition) is 16. The summed E-state index contributed by atoms with van der Waals surface area (Å²) in [6, 6.07) is 41.0. The van der Waals surface area contributed by atoms with E-state index in [1.54, 1.807) is 42.5 Å². The summed E-state index contributed by atoms with van der Waals surface area (Å²) in [5.41, 5.74) is 4.74. The summed E-state index contributed by atoms with van der Waals surface area (Å²) in [5.74, 6) is 0.427. The van der Waals surface area contributed by atoms with Gasteiger partial charge >= 0.3 is 0 Å². The fraction of sp³-hybridized carbons (Fsp3) is 0.180. The van der Waals surface area contributed by atoms with E-state index in [-0.39, 0.29) is 33.4 Å². The number of azo groups is 2. The van der Waals surface area contributed by atoms with Gasteiger partial charge in [-0.2, -0.15) is 31.8 Å². The number of hydrogen-bond donors (Lipinski definition) is 4. The lowest BCUT2D eigenvalue weighted by Crippen LogP contribution is -2.21. The highest BCUT2D eigenvalue weighted by Crippen LogP contribution is 2.39. The first-order valence-corrected chi connectivity index (χ1v) is 26.2. The summed E-state index contributed by atoms with van der Waals surface area (Å²) in [5, 5.41) is 28.5. The van der Waals surface area contributed by atoms with Gasteiger partial charge in [-0.15, -0.1) is 20.5 Å². The second kappa shape index (κ2) is 21.5. The number of thioether (sulfide) groups is 1. The highest BCUT2D eigenvalue weighted by Gasteiger charge is 2.20. The van der Waals surface area contributed by atoms with Crippen molar-refractivity contribution in [3.8, 4) is 0 Å². The van der Waals surface area contributed by atoms with Gasteiger partial charge in [0, 0.05) is 54.1 Å². The van der Waals surface area contributed by atoms with E-state index in [1.807, 2.05) is 92.7 Å². The van der Waals surface area contributed by atoms with Crippen LogP contribution in [0.3, 0.4) is 0 Å². The van der Waals surface area contributed by atoms with Gasteiger partial charge in [0.25, 0.3) is 20.2 Å². The molecule has 70 heavy (non-hydrogen) atoms. The van der Waals surface area contributed by atoms with Crippen LogP contribution in [-0.2, 0) is 26.0 Å². The molecule has 0 saturated carbocycles. The van der Waals surface area contributed by atoms with Crippen LogP contribution in [0.4, 0.5) is 57.4 Å². The molecule has 0 saturated heterocycles. The third-order valence-electron chi connectivity index (χ3n) is 11.3. The largest absolute Gasteiger partial charge is 0.372 e. The second-order valence-corrected chi connectivity index (χ2v) is 19.4. The Balaban J connectivity index is 1.24. The Kier molecular flexibility index (Phi) is 15.1. The van der Waals surface area contributed by atoms with Crippen LogP contribution in [0.25, 0.3) is 21.5 Å². The molecular weight excluding hydrogens is 947 g/mol. The summed E-state index contributed by atoms with van der Waals surface area (Å²) < 4.78 is 69.2. The van der Waals surface area contributed by atoms with E-state index in [4.69, 9.17) is 25.2 Å². The van der Waals surface area contributed by atoms with E-state index in [0.717, 1.165) is 35.2 Å².